The van der Waals surface area contributed by atoms with Crippen molar-refractivity contribution in [3.05, 3.63) is 29.8 Å². The zero-order valence-electron chi connectivity index (χ0n) is 15.5. The molecule has 1 heterocycles. The number of fused-ring (bicyclic) bond motifs is 1. The number of esters is 1. The quantitative estimate of drug-likeness (QED) is 0.566. The van der Waals surface area contributed by atoms with Crippen LogP contribution >= 0.6 is 0 Å². The second-order valence-electron chi connectivity index (χ2n) is 6.66. The summed E-state index contributed by atoms with van der Waals surface area (Å²) in [6.07, 6.45) is -5.17. The topological polar surface area (TPSA) is 82.1 Å². The van der Waals surface area contributed by atoms with E-state index in [0.717, 1.165) is 24.3 Å². The van der Waals surface area contributed by atoms with Crippen LogP contribution in [0.4, 0.5) is 23.7 Å². The summed E-state index contributed by atoms with van der Waals surface area (Å²) in [6, 6.07) is 2.96. The maximum Gasteiger partial charge on any atom is 0.573 e. The second kappa shape index (κ2) is 7.53. The van der Waals surface area contributed by atoms with E-state index in [2.05, 4.69) is 4.74 Å². The molecule has 7 nitrogen and oxygen atoms in total. The Labute approximate surface area is 158 Å². The Morgan fingerprint density at radius 2 is 1.82 bits per heavy atom. The highest BCUT2D eigenvalue weighted by Gasteiger charge is 2.40. The predicted octanol–water partition coefficient (Wildman–Crippen LogP) is 3.81. The zero-order valence-corrected chi connectivity index (χ0v) is 15.5. The normalized spacial score (nSPS) is 15.5. The Morgan fingerprint density at radius 3 is 2.36 bits per heavy atom. The third-order valence-corrected chi connectivity index (χ3v) is 3.29. The number of rotatable bonds is 3. The number of alkyl halides is 3. The van der Waals surface area contributed by atoms with Crippen LogP contribution < -0.4 is 9.64 Å². The lowest BCUT2D eigenvalue weighted by Gasteiger charge is -2.23. The number of hydrogen-bond donors (Lipinski definition) is 0. The molecule has 2 amide bonds. The van der Waals surface area contributed by atoms with Crippen molar-refractivity contribution in [2.45, 2.75) is 39.7 Å². The lowest BCUT2D eigenvalue weighted by atomic mass is 10.1. The molecule has 2 rings (SSSR count). The van der Waals surface area contributed by atoms with E-state index in [-0.39, 0.29) is 23.4 Å². The van der Waals surface area contributed by atoms with Gasteiger partial charge in [-0.2, -0.15) is 0 Å². The van der Waals surface area contributed by atoms with Crippen LogP contribution in [0, 0.1) is 0 Å². The average molecular weight is 401 g/mol. The van der Waals surface area contributed by atoms with Crippen molar-refractivity contribution in [1.29, 1.82) is 0 Å². The standard InChI is InChI=1S/C18H18F3NO6/c1-5-26-14(23)9-12-11-8-10(27-18(19,20)21)6-7-13(11)22(15(12)24)16(25)28-17(2,3)4/h6-9H,5H2,1-4H3/b12-9+. The van der Waals surface area contributed by atoms with Gasteiger partial charge in [-0.15, -0.1) is 13.2 Å². The summed E-state index contributed by atoms with van der Waals surface area (Å²) in [4.78, 5) is 37.6. The number of imide groups is 1. The summed E-state index contributed by atoms with van der Waals surface area (Å²) >= 11 is 0. The van der Waals surface area contributed by atoms with Crippen LogP contribution in [-0.2, 0) is 19.1 Å². The third kappa shape index (κ3) is 5.02. The van der Waals surface area contributed by atoms with E-state index in [0.29, 0.717) is 4.90 Å². The number of halogens is 3. The van der Waals surface area contributed by atoms with Gasteiger partial charge in [0.1, 0.15) is 11.4 Å². The van der Waals surface area contributed by atoms with Crippen LogP contribution in [0.1, 0.15) is 33.3 Å². The highest BCUT2D eigenvalue weighted by molar-refractivity contribution is 6.40. The second-order valence-corrected chi connectivity index (χ2v) is 6.66. The molecule has 1 aliphatic heterocycles. The first-order valence-electron chi connectivity index (χ1n) is 8.18. The molecule has 0 aliphatic carbocycles. The molecule has 0 saturated heterocycles. The van der Waals surface area contributed by atoms with Crippen LogP contribution in [0.2, 0.25) is 0 Å². The Bertz CT molecular complexity index is 839. The molecular formula is C18H18F3NO6. The van der Waals surface area contributed by atoms with E-state index >= 15 is 0 Å². The fourth-order valence-corrected chi connectivity index (χ4v) is 2.40. The van der Waals surface area contributed by atoms with Crippen LogP contribution in [0.3, 0.4) is 0 Å². The largest absolute Gasteiger partial charge is 0.573 e. The first-order chi connectivity index (χ1) is 12.8. The number of ether oxygens (including phenoxy) is 3. The highest BCUT2D eigenvalue weighted by atomic mass is 19.4. The molecule has 0 spiro atoms. The van der Waals surface area contributed by atoms with Crippen LogP contribution in [0.5, 0.6) is 5.75 Å². The minimum absolute atomic E-state index is 0.0245. The maximum atomic E-state index is 12.7. The highest BCUT2D eigenvalue weighted by Crippen LogP contribution is 2.40. The number of nitrogens with zero attached hydrogens (tertiary/aromatic N) is 1. The molecule has 0 bridgehead atoms. The minimum Gasteiger partial charge on any atom is -0.463 e. The van der Waals surface area contributed by atoms with Gasteiger partial charge in [0, 0.05) is 11.6 Å². The average Bonchev–Trinajstić information content (AvgIpc) is 2.76. The van der Waals surface area contributed by atoms with E-state index in [4.69, 9.17) is 9.47 Å². The van der Waals surface area contributed by atoms with Gasteiger partial charge < -0.3 is 14.2 Å². The summed E-state index contributed by atoms with van der Waals surface area (Å²) in [5.41, 5.74) is -1.37. The van der Waals surface area contributed by atoms with Crippen molar-refractivity contribution in [1.82, 2.24) is 0 Å². The van der Waals surface area contributed by atoms with Crippen molar-refractivity contribution < 1.29 is 41.8 Å². The van der Waals surface area contributed by atoms with E-state index in [1.54, 1.807) is 27.7 Å². The fourth-order valence-electron chi connectivity index (χ4n) is 2.40. The molecule has 1 aliphatic rings. The number of hydrogen-bond acceptors (Lipinski definition) is 6. The molecule has 28 heavy (non-hydrogen) atoms. The molecule has 0 unspecified atom stereocenters. The Hall–Kier alpha value is -3.04. The molecule has 0 fully saturated rings. The first-order valence-corrected chi connectivity index (χ1v) is 8.18. The van der Waals surface area contributed by atoms with Gasteiger partial charge in [-0.3, -0.25) is 4.79 Å². The van der Waals surface area contributed by atoms with Gasteiger partial charge in [0.05, 0.1) is 17.9 Å². The van der Waals surface area contributed by atoms with Crippen LogP contribution in [0.25, 0.3) is 5.57 Å². The van der Waals surface area contributed by atoms with Gasteiger partial charge in [-0.05, 0) is 45.9 Å². The molecule has 0 aromatic heterocycles. The van der Waals surface area contributed by atoms with Gasteiger partial charge in [0.2, 0.25) is 0 Å². The molecule has 1 aromatic carbocycles. The summed E-state index contributed by atoms with van der Waals surface area (Å²) in [5, 5.41) is 0. The minimum atomic E-state index is -4.95. The van der Waals surface area contributed by atoms with Crippen LogP contribution in [0.15, 0.2) is 24.3 Å². The SMILES string of the molecule is CCOC(=O)/C=C1/C(=O)N(C(=O)OC(C)(C)C)c2ccc(OC(F)(F)F)cc21. The van der Waals surface area contributed by atoms with E-state index in [1.807, 2.05) is 0 Å². The summed E-state index contributed by atoms with van der Waals surface area (Å²) in [6.45, 7) is 6.33. The van der Waals surface area contributed by atoms with Crippen molar-refractivity contribution >= 4 is 29.2 Å². The zero-order chi connectivity index (χ0) is 21.3. The van der Waals surface area contributed by atoms with Gasteiger partial charge in [-0.25, -0.2) is 14.5 Å². The molecular weight excluding hydrogens is 383 g/mol. The van der Waals surface area contributed by atoms with Gasteiger partial charge in [0.25, 0.3) is 5.91 Å². The fraction of sp³-hybridized carbons (Fsp3) is 0.389. The Balaban J connectivity index is 2.53. The lowest BCUT2D eigenvalue weighted by molar-refractivity contribution is -0.274. The number of benzene rings is 1. The number of carbonyl (C=O) groups excluding carboxylic acids is 3. The molecule has 10 heteroatoms. The van der Waals surface area contributed by atoms with Crippen LogP contribution in [-0.4, -0.2) is 36.5 Å². The Morgan fingerprint density at radius 1 is 1.18 bits per heavy atom. The van der Waals surface area contributed by atoms with Crippen molar-refractivity contribution in [2.24, 2.45) is 0 Å². The molecule has 0 saturated carbocycles. The predicted molar refractivity (Wildman–Crippen MR) is 91.5 cm³/mol. The first kappa shape index (κ1) is 21.3. The van der Waals surface area contributed by atoms with Gasteiger partial charge >= 0.3 is 18.4 Å². The Kier molecular flexibility index (Phi) is 5.72. The summed E-state index contributed by atoms with van der Waals surface area (Å²) in [5.74, 6) is -2.42. The van der Waals surface area contributed by atoms with E-state index < -0.39 is 35.7 Å². The third-order valence-electron chi connectivity index (χ3n) is 3.29. The van der Waals surface area contributed by atoms with Crippen molar-refractivity contribution in [3.63, 3.8) is 0 Å². The number of anilines is 1. The molecule has 152 valence electrons. The smallest absolute Gasteiger partial charge is 0.463 e. The molecule has 1 aromatic rings. The summed E-state index contributed by atoms with van der Waals surface area (Å²) < 4.78 is 51.3. The van der Waals surface area contributed by atoms with Gasteiger partial charge in [-0.1, -0.05) is 0 Å². The summed E-state index contributed by atoms with van der Waals surface area (Å²) in [7, 11) is 0. The number of carbonyl (C=O) groups is 3. The van der Waals surface area contributed by atoms with Crippen molar-refractivity contribution in [2.75, 3.05) is 11.5 Å². The van der Waals surface area contributed by atoms with Gasteiger partial charge in [0.15, 0.2) is 0 Å². The maximum absolute atomic E-state index is 12.7. The monoisotopic (exact) mass is 401 g/mol. The molecule has 0 atom stereocenters. The molecule has 0 N–H and O–H groups in total. The van der Waals surface area contributed by atoms with E-state index in [9.17, 15) is 27.6 Å². The lowest BCUT2D eigenvalue weighted by Crippen LogP contribution is -2.38. The molecule has 0 radical (unpaired) electrons. The van der Waals surface area contributed by atoms with E-state index in [1.165, 1.54) is 0 Å². The number of amides is 2. The van der Waals surface area contributed by atoms with Crippen molar-refractivity contribution in [3.8, 4) is 5.75 Å².